The van der Waals surface area contributed by atoms with Crippen LogP contribution in [-0.4, -0.2) is 18.5 Å². The van der Waals surface area contributed by atoms with Crippen LogP contribution in [0.2, 0.25) is 5.02 Å². The third-order valence-electron chi connectivity index (χ3n) is 4.10. The number of fused-ring (bicyclic) bond motifs is 1. The van der Waals surface area contributed by atoms with Crippen LogP contribution in [0, 0.1) is 0 Å². The van der Waals surface area contributed by atoms with Crippen LogP contribution in [0.15, 0.2) is 66.7 Å². The van der Waals surface area contributed by atoms with Crippen LogP contribution in [0.25, 0.3) is 10.8 Å². The Morgan fingerprint density at radius 1 is 1.00 bits per heavy atom. The van der Waals surface area contributed by atoms with E-state index in [9.17, 15) is 9.59 Å². The molecule has 1 amide bonds. The topological polar surface area (TPSA) is 55.4 Å². The van der Waals surface area contributed by atoms with E-state index in [0.717, 1.165) is 16.3 Å². The van der Waals surface area contributed by atoms with Gasteiger partial charge in [0.15, 0.2) is 6.61 Å². The van der Waals surface area contributed by atoms with E-state index >= 15 is 0 Å². The van der Waals surface area contributed by atoms with Crippen LogP contribution in [0.4, 0.5) is 0 Å². The molecule has 1 atom stereocenters. The van der Waals surface area contributed by atoms with Crippen molar-refractivity contribution in [1.82, 2.24) is 5.32 Å². The lowest BCUT2D eigenvalue weighted by Gasteiger charge is -2.16. The fourth-order valence-corrected chi connectivity index (χ4v) is 3.04. The van der Waals surface area contributed by atoms with Crippen molar-refractivity contribution in [3.8, 4) is 0 Å². The number of nitrogens with one attached hydrogen (secondary N) is 1. The van der Waals surface area contributed by atoms with Crippen molar-refractivity contribution >= 4 is 34.2 Å². The Kier molecular flexibility index (Phi) is 5.54. The third kappa shape index (κ3) is 4.03. The molecule has 0 aliphatic rings. The minimum atomic E-state index is -0.622. The summed E-state index contributed by atoms with van der Waals surface area (Å²) in [5.74, 6) is -0.991. The maximum absolute atomic E-state index is 12.2. The highest BCUT2D eigenvalue weighted by Crippen LogP contribution is 2.24. The van der Waals surface area contributed by atoms with E-state index in [0.29, 0.717) is 5.02 Å². The number of esters is 1. The fraction of sp³-hybridized carbons (Fsp3) is 0.143. The predicted molar refractivity (Wildman–Crippen MR) is 102 cm³/mol. The molecular weight excluding hydrogens is 350 g/mol. The molecule has 132 valence electrons. The molecule has 0 spiro atoms. The highest BCUT2D eigenvalue weighted by molar-refractivity contribution is 6.33. The highest BCUT2D eigenvalue weighted by Gasteiger charge is 2.16. The molecule has 0 fully saturated rings. The second kappa shape index (κ2) is 8.02. The summed E-state index contributed by atoms with van der Waals surface area (Å²) < 4.78 is 5.06. The molecule has 4 nitrogen and oxygen atoms in total. The van der Waals surface area contributed by atoms with E-state index in [1.165, 1.54) is 0 Å². The molecule has 0 aliphatic carbocycles. The first kappa shape index (κ1) is 18.0. The quantitative estimate of drug-likeness (QED) is 0.674. The number of ether oxygens (including phenoxy) is 1. The molecule has 0 aliphatic heterocycles. The van der Waals surface area contributed by atoms with Crippen molar-refractivity contribution in [3.63, 3.8) is 0 Å². The largest absolute Gasteiger partial charge is 0.452 e. The number of hydrogen-bond acceptors (Lipinski definition) is 3. The summed E-state index contributed by atoms with van der Waals surface area (Å²) in [4.78, 5) is 24.2. The Balaban J connectivity index is 1.63. The smallest absolute Gasteiger partial charge is 0.340 e. The van der Waals surface area contributed by atoms with Crippen LogP contribution < -0.4 is 5.32 Å². The summed E-state index contributed by atoms with van der Waals surface area (Å²) in [7, 11) is 0. The number of hydrogen-bond donors (Lipinski definition) is 1. The second-order valence-corrected chi connectivity index (χ2v) is 6.32. The van der Waals surface area contributed by atoms with Gasteiger partial charge in [-0.3, -0.25) is 4.79 Å². The number of rotatable bonds is 5. The van der Waals surface area contributed by atoms with E-state index in [1.807, 2.05) is 49.4 Å². The maximum atomic E-state index is 12.2. The van der Waals surface area contributed by atoms with Gasteiger partial charge in [-0.1, -0.05) is 66.2 Å². The van der Waals surface area contributed by atoms with E-state index in [4.69, 9.17) is 16.3 Å². The van der Waals surface area contributed by atoms with Gasteiger partial charge in [-0.2, -0.15) is 0 Å². The summed E-state index contributed by atoms with van der Waals surface area (Å²) in [6.45, 7) is 1.54. The molecular formula is C21H18ClNO3. The van der Waals surface area contributed by atoms with Crippen molar-refractivity contribution < 1.29 is 14.3 Å². The first-order chi connectivity index (χ1) is 12.6. The van der Waals surface area contributed by atoms with E-state index < -0.39 is 5.97 Å². The van der Waals surface area contributed by atoms with Gasteiger partial charge in [-0.25, -0.2) is 4.79 Å². The van der Waals surface area contributed by atoms with Crippen molar-refractivity contribution in [2.24, 2.45) is 0 Å². The maximum Gasteiger partial charge on any atom is 0.340 e. The zero-order chi connectivity index (χ0) is 18.5. The Hall–Kier alpha value is -2.85. The lowest BCUT2D eigenvalue weighted by Crippen LogP contribution is -2.31. The fourth-order valence-electron chi connectivity index (χ4n) is 2.82. The Morgan fingerprint density at radius 3 is 2.50 bits per heavy atom. The second-order valence-electron chi connectivity index (χ2n) is 5.91. The molecule has 0 aromatic heterocycles. The van der Waals surface area contributed by atoms with Crippen LogP contribution >= 0.6 is 11.6 Å². The normalized spacial score (nSPS) is 11.8. The molecule has 3 aromatic carbocycles. The predicted octanol–water partition coefficient (Wildman–Crippen LogP) is 4.53. The summed E-state index contributed by atoms with van der Waals surface area (Å²) in [6.07, 6.45) is 0. The van der Waals surface area contributed by atoms with Gasteiger partial charge in [-0.15, -0.1) is 0 Å². The molecule has 0 unspecified atom stereocenters. The van der Waals surface area contributed by atoms with Gasteiger partial charge in [0.25, 0.3) is 5.91 Å². The van der Waals surface area contributed by atoms with Crippen molar-refractivity contribution in [1.29, 1.82) is 0 Å². The summed E-state index contributed by atoms with van der Waals surface area (Å²) >= 11 is 5.95. The standard InChI is InChI=1S/C21H18ClNO3/c1-14(16-11-6-8-15-7-2-3-9-17(15)16)23-20(24)13-26-21(25)18-10-4-5-12-19(18)22/h2-12,14H,13H2,1H3,(H,23,24)/t14-/m0/s1. The average molecular weight is 368 g/mol. The van der Waals surface area contributed by atoms with Crippen molar-refractivity contribution in [2.45, 2.75) is 13.0 Å². The van der Waals surface area contributed by atoms with Gasteiger partial charge < -0.3 is 10.1 Å². The van der Waals surface area contributed by atoms with Crippen LogP contribution in [0.5, 0.6) is 0 Å². The van der Waals surface area contributed by atoms with Gasteiger partial charge in [0.2, 0.25) is 0 Å². The number of benzene rings is 3. The zero-order valence-electron chi connectivity index (χ0n) is 14.2. The number of halogens is 1. The van der Waals surface area contributed by atoms with Gasteiger partial charge in [0.1, 0.15) is 0 Å². The summed E-state index contributed by atoms with van der Waals surface area (Å²) in [6, 6.07) is 20.3. The molecule has 0 heterocycles. The molecule has 5 heteroatoms. The molecule has 0 bridgehead atoms. The van der Waals surface area contributed by atoms with Gasteiger partial charge in [0, 0.05) is 0 Å². The van der Waals surface area contributed by atoms with Gasteiger partial charge in [0.05, 0.1) is 16.6 Å². The van der Waals surface area contributed by atoms with Crippen molar-refractivity contribution in [2.75, 3.05) is 6.61 Å². The van der Waals surface area contributed by atoms with E-state index in [-0.39, 0.29) is 24.1 Å². The zero-order valence-corrected chi connectivity index (χ0v) is 15.0. The minimum Gasteiger partial charge on any atom is -0.452 e. The monoisotopic (exact) mass is 367 g/mol. The molecule has 1 N–H and O–H groups in total. The summed E-state index contributed by atoms with van der Waals surface area (Å²) in [5.41, 5.74) is 1.25. The Labute approximate surface area is 156 Å². The van der Waals surface area contributed by atoms with E-state index in [1.54, 1.807) is 24.3 Å². The average Bonchev–Trinajstić information content (AvgIpc) is 2.66. The van der Waals surface area contributed by atoms with Crippen molar-refractivity contribution in [3.05, 3.63) is 82.9 Å². The first-order valence-corrected chi connectivity index (χ1v) is 8.62. The molecule has 0 radical (unpaired) electrons. The highest BCUT2D eigenvalue weighted by atomic mass is 35.5. The number of carbonyl (C=O) groups excluding carboxylic acids is 2. The molecule has 26 heavy (non-hydrogen) atoms. The molecule has 0 saturated carbocycles. The number of amides is 1. The summed E-state index contributed by atoms with van der Waals surface area (Å²) in [5, 5.41) is 5.34. The van der Waals surface area contributed by atoms with E-state index in [2.05, 4.69) is 5.32 Å². The van der Waals surface area contributed by atoms with Gasteiger partial charge in [-0.05, 0) is 35.4 Å². The molecule has 3 rings (SSSR count). The Bertz CT molecular complexity index is 949. The molecule has 0 saturated heterocycles. The van der Waals surface area contributed by atoms with Crippen LogP contribution in [0.1, 0.15) is 28.9 Å². The lowest BCUT2D eigenvalue weighted by molar-refractivity contribution is -0.124. The van der Waals surface area contributed by atoms with Crippen LogP contribution in [0.3, 0.4) is 0 Å². The van der Waals surface area contributed by atoms with Crippen LogP contribution in [-0.2, 0) is 9.53 Å². The molecule has 3 aromatic rings. The SMILES string of the molecule is C[C@H](NC(=O)COC(=O)c1ccccc1Cl)c1cccc2ccccc12. The lowest BCUT2D eigenvalue weighted by atomic mass is 10.00. The first-order valence-electron chi connectivity index (χ1n) is 8.25. The Morgan fingerprint density at radius 2 is 1.69 bits per heavy atom. The minimum absolute atomic E-state index is 0.215. The number of carbonyl (C=O) groups is 2. The third-order valence-corrected chi connectivity index (χ3v) is 4.43. The van der Waals surface area contributed by atoms with Gasteiger partial charge >= 0.3 is 5.97 Å².